The fourth-order valence-electron chi connectivity index (χ4n) is 1.91. The molecule has 1 heterocycles. The Balaban J connectivity index is 2.45. The molecule has 0 aliphatic carbocycles. The largest absolute Gasteiger partial charge is 0.493 e. The second kappa shape index (κ2) is 5.78. The molecule has 1 aliphatic rings. The van der Waals surface area contributed by atoms with Gasteiger partial charge in [0.1, 0.15) is 19.5 Å². The van der Waals surface area contributed by atoms with E-state index in [-0.39, 0.29) is 5.92 Å². The molecule has 1 aromatic rings. The van der Waals surface area contributed by atoms with Crippen molar-refractivity contribution >= 4 is 12.4 Å². The molecule has 0 aromatic heterocycles. The van der Waals surface area contributed by atoms with Crippen molar-refractivity contribution in [3.05, 3.63) is 23.3 Å². The monoisotopic (exact) mass is 262 g/mol. The Hall–Kier alpha value is -1.97. The van der Waals surface area contributed by atoms with E-state index in [2.05, 4.69) is 0 Å². The molecule has 102 valence electrons. The van der Waals surface area contributed by atoms with Crippen LogP contribution in [0.5, 0.6) is 17.2 Å². The number of carbonyl (C=O) groups is 1. The number of hydrogen-bond donors (Lipinski definition) is 0. The topological polar surface area (TPSA) is 44.8 Å². The highest BCUT2D eigenvalue weighted by Crippen LogP contribution is 2.40. The standard InChI is InChI=1S/C15H18O4/c1-10(2)12(9-16)6-11-7-13(17-3)15-14(8-11)18-4-5-19-15/h6-10H,4-5H2,1-3H3. The Morgan fingerprint density at radius 2 is 2.05 bits per heavy atom. The summed E-state index contributed by atoms with van der Waals surface area (Å²) in [6.07, 6.45) is 2.73. The van der Waals surface area contributed by atoms with Crippen LogP contribution >= 0.6 is 0 Å². The van der Waals surface area contributed by atoms with Crippen LogP contribution in [0, 0.1) is 5.92 Å². The molecule has 4 nitrogen and oxygen atoms in total. The van der Waals surface area contributed by atoms with Crippen molar-refractivity contribution in [2.45, 2.75) is 13.8 Å². The van der Waals surface area contributed by atoms with Crippen LogP contribution in [0.15, 0.2) is 17.7 Å². The quantitative estimate of drug-likeness (QED) is 0.618. The zero-order valence-electron chi connectivity index (χ0n) is 11.4. The number of fused-ring (bicyclic) bond motifs is 1. The van der Waals surface area contributed by atoms with Crippen molar-refractivity contribution < 1.29 is 19.0 Å². The summed E-state index contributed by atoms with van der Waals surface area (Å²) in [6.45, 7) is 5.00. The number of ether oxygens (including phenoxy) is 3. The van der Waals surface area contributed by atoms with Crippen LogP contribution in [-0.4, -0.2) is 26.6 Å². The third-order valence-corrected chi connectivity index (χ3v) is 2.99. The third-order valence-electron chi connectivity index (χ3n) is 2.99. The highest BCUT2D eigenvalue weighted by Gasteiger charge is 2.18. The Labute approximate surface area is 113 Å². The maximum atomic E-state index is 11.0. The van der Waals surface area contributed by atoms with Crippen LogP contribution in [0.25, 0.3) is 6.08 Å². The number of rotatable bonds is 4. The van der Waals surface area contributed by atoms with Gasteiger partial charge in [0.15, 0.2) is 11.5 Å². The van der Waals surface area contributed by atoms with E-state index in [1.54, 1.807) is 7.11 Å². The summed E-state index contributed by atoms with van der Waals surface area (Å²) in [4.78, 5) is 11.0. The summed E-state index contributed by atoms with van der Waals surface area (Å²) >= 11 is 0. The maximum Gasteiger partial charge on any atom is 0.203 e. The molecule has 0 fully saturated rings. The van der Waals surface area contributed by atoms with E-state index < -0.39 is 0 Å². The molecule has 0 amide bonds. The first-order valence-corrected chi connectivity index (χ1v) is 6.30. The van der Waals surface area contributed by atoms with Gasteiger partial charge in [-0.2, -0.15) is 0 Å². The van der Waals surface area contributed by atoms with Crippen molar-refractivity contribution in [1.82, 2.24) is 0 Å². The van der Waals surface area contributed by atoms with Gasteiger partial charge in [0, 0.05) is 0 Å². The van der Waals surface area contributed by atoms with E-state index >= 15 is 0 Å². The van der Waals surface area contributed by atoms with Crippen molar-refractivity contribution in [2.75, 3.05) is 20.3 Å². The van der Waals surface area contributed by atoms with Crippen molar-refractivity contribution in [2.24, 2.45) is 5.92 Å². The van der Waals surface area contributed by atoms with Gasteiger partial charge in [0.2, 0.25) is 5.75 Å². The predicted molar refractivity (Wildman–Crippen MR) is 72.9 cm³/mol. The first-order chi connectivity index (χ1) is 9.15. The highest BCUT2D eigenvalue weighted by atomic mass is 16.6. The molecule has 0 saturated heterocycles. The van der Waals surface area contributed by atoms with Gasteiger partial charge in [0.05, 0.1) is 7.11 Å². The summed E-state index contributed by atoms with van der Waals surface area (Å²) < 4.78 is 16.4. The lowest BCUT2D eigenvalue weighted by molar-refractivity contribution is -0.105. The van der Waals surface area contributed by atoms with Gasteiger partial charge in [0.25, 0.3) is 0 Å². The molecular formula is C15H18O4. The minimum absolute atomic E-state index is 0.177. The minimum Gasteiger partial charge on any atom is -0.493 e. The zero-order valence-corrected chi connectivity index (χ0v) is 11.4. The number of benzene rings is 1. The molecule has 0 saturated carbocycles. The minimum atomic E-state index is 0.177. The second-order valence-electron chi connectivity index (χ2n) is 4.66. The number of hydrogen-bond acceptors (Lipinski definition) is 4. The lowest BCUT2D eigenvalue weighted by Gasteiger charge is -2.21. The molecule has 1 aromatic carbocycles. The Kier molecular flexibility index (Phi) is 4.10. The van der Waals surface area contributed by atoms with Gasteiger partial charge in [-0.15, -0.1) is 0 Å². The van der Waals surface area contributed by atoms with Gasteiger partial charge in [-0.3, -0.25) is 4.79 Å². The first kappa shape index (κ1) is 13.5. The van der Waals surface area contributed by atoms with E-state index in [0.717, 1.165) is 17.4 Å². The summed E-state index contributed by atoms with van der Waals surface area (Å²) in [5.41, 5.74) is 1.61. The van der Waals surface area contributed by atoms with Crippen LogP contribution in [0.4, 0.5) is 0 Å². The molecular weight excluding hydrogens is 244 g/mol. The number of carbonyl (C=O) groups excluding carboxylic acids is 1. The fourth-order valence-corrected chi connectivity index (χ4v) is 1.91. The number of aldehydes is 1. The van der Waals surface area contributed by atoms with E-state index in [4.69, 9.17) is 14.2 Å². The molecule has 19 heavy (non-hydrogen) atoms. The van der Waals surface area contributed by atoms with E-state index in [0.29, 0.717) is 30.5 Å². The molecule has 2 rings (SSSR count). The van der Waals surface area contributed by atoms with Crippen LogP contribution in [-0.2, 0) is 4.79 Å². The smallest absolute Gasteiger partial charge is 0.203 e. The van der Waals surface area contributed by atoms with Gasteiger partial charge >= 0.3 is 0 Å². The van der Waals surface area contributed by atoms with Crippen molar-refractivity contribution in [1.29, 1.82) is 0 Å². The van der Waals surface area contributed by atoms with E-state index in [9.17, 15) is 4.79 Å². The van der Waals surface area contributed by atoms with Crippen molar-refractivity contribution in [3.63, 3.8) is 0 Å². The highest BCUT2D eigenvalue weighted by molar-refractivity contribution is 5.83. The molecule has 0 N–H and O–H groups in total. The Morgan fingerprint density at radius 1 is 1.32 bits per heavy atom. The number of allylic oxidation sites excluding steroid dienone is 1. The van der Waals surface area contributed by atoms with Crippen LogP contribution in [0.1, 0.15) is 19.4 Å². The lowest BCUT2D eigenvalue weighted by Crippen LogP contribution is -2.16. The van der Waals surface area contributed by atoms with E-state index in [1.165, 1.54) is 0 Å². The summed E-state index contributed by atoms with van der Waals surface area (Å²) in [7, 11) is 1.59. The zero-order chi connectivity index (χ0) is 13.8. The Bertz CT molecular complexity index is 486. The molecule has 1 aliphatic heterocycles. The molecule has 0 bridgehead atoms. The third kappa shape index (κ3) is 2.89. The van der Waals surface area contributed by atoms with Crippen LogP contribution in [0.3, 0.4) is 0 Å². The average molecular weight is 262 g/mol. The normalized spacial score (nSPS) is 14.4. The van der Waals surface area contributed by atoms with Gasteiger partial charge in [-0.25, -0.2) is 0 Å². The lowest BCUT2D eigenvalue weighted by atomic mass is 10.0. The van der Waals surface area contributed by atoms with Crippen LogP contribution < -0.4 is 14.2 Å². The van der Waals surface area contributed by atoms with Crippen molar-refractivity contribution in [3.8, 4) is 17.2 Å². The molecule has 0 unspecified atom stereocenters. The summed E-state index contributed by atoms with van der Waals surface area (Å²) in [6, 6.07) is 3.71. The molecule has 4 heteroatoms. The Morgan fingerprint density at radius 3 is 2.68 bits per heavy atom. The molecule has 0 spiro atoms. The van der Waals surface area contributed by atoms with Gasteiger partial charge < -0.3 is 14.2 Å². The fraction of sp³-hybridized carbons (Fsp3) is 0.400. The number of methoxy groups -OCH3 is 1. The van der Waals surface area contributed by atoms with Gasteiger partial charge in [-0.1, -0.05) is 13.8 Å². The SMILES string of the molecule is COc1cc(C=C(C=O)C(C)C)cc2c1OCCO2. The molecule has 0 radical (unpaired) electrons. The maximum absolute atomic E-state index is 11.0. The average Bonchev–Trinajstić information content (AvgIpc) is 2.43. The summed E-state index contributed by atoms with van der Waals surface area (Å²) in [5.74, 6) is 2.09. The van der Waals surface area contributed by atoms with E-state index in [1.807, 2.05) is 32.1 Å². The second-order valence-corrected chi connectivity index (χ2v) is 4.66. The first-order valence-electron chi connectivity index (χ1n) is 6.30. The predicted octanol–water partition coefficient (Wildman–Crippen LogP) is 2.70. The van der Waals surface area contributed by atoms with Gasteiger partial charge in [-0.05, 0) is 35.3 Å². The molecule has 0 atom stereocenters. The summed E-state index contributed by atoms with van der Waals surface area (Å²) in [5, 5.41) is 0. The van der Waals surface area contributed by atoms with Crippen LogP contribution in [0.2, 0.25) is 0 Å².